The molecule has 6 aliphatic rings. The predicted molar refractivity (Wildman–Crippen MR) is 477 cm³/mol. The number of benzene rings is 15. The molecule has 21 aromatic rings. The van der Waals surface area contributed by atoms with Crippen LogP contribution in [0.2, 0.25) is 0 Å². The highest BCUT2D eigenvalue weighted by atomic mass is 79.9. The van der Waals surface area contributed by atoms with Crippen molar-refractivity contribution in [2.45, 2.75) is 29.4 Å². The summed E-state index contributed by atoms with van der Waals surface area (Å²) in [6, 6.07) is 96.4. The maximum atomic E-state index is 6.68. The highest BCUT2D eigenvalue weighted by molar-refractivity contribution is 9.11. The minimum atomic E-state index is 0.483. The Hall–Kier alpha value is -13.6. The van der Waals surface area contributed by atoms with Gasteiger partial charge in [0.2, 0.25) is 35.3 Å². The lowest BCUT2D eigenvalue weighted by molar-refractivity contribution is 0.445. The Kier molecular flexibility index (Phi) is 15.8. The van der Waals surface area contributed by atoms with Crippen LogP contribution in [-0.2, 0) is 0 Å². The SMILES string of the molecule is Brc1ccc2c(c1)Oc1cc(-c3nc4ccccc4o3)cc3c1N2c1cccc(-c2nc4ccccc4o2)c1O3.Brc1ccc2c(c1)Oc1ccc(-c3nc4ccccc4o3)c3c1N2c1cc(-c2nc4ccccc4o2)ccc1S3.Brc1ccc2c(c1)Sc1c(-c3nc4ccccc4o3)ccc3c1N2c1cc(-c2nc4ccccc4o2)ccc1S3. The molecule has 15 aromatic carbocycles. The van der Waals surface area contributed by atoms with Gasteiger partial charge in [0.25, 0.3) is 0 Å². The first kappa shape index (κ1) is 69.5. The fourth-order valence-electron chi connectivity index (χ4n) is 16.1. The van der Waals surface area contributed by atoms with Gasteiger partial charge in [-0.2, -0.15) is 0 Å². The first-order valence-electron chi connectivity index (χ1n) is 38.0. The van der Waals surface area contributed by atoms with Gasteiger partial charge in [-0.25, -0.2) is 29.9 Å². The van der Waals surface area contributed by atoms with Crippen molar-refractivity contribution in [3.05, 3.63) is 305 Å². The molecule has 120 heavy (non-hydrogen) atoms. The second-order valence-electron chi connectivity index (χ2n) is 28.8. The Bertz CT molecular complexity index is 7680. The fourth-order valence-corrected chi connectivity index (χ4v) is 20.8. The quantitative estimate of drug-likeness (QED) is 0.152. The smallest absolute Gasteiger partial charge is 0.231 e. The van der Waals surface area contributed by atoms with E-state index in [4.69, 9.17) is 70.6 Å². The molecule has 0 saturated heterocycles. The van der Waals surface area contributed by atoms with E-state index in [-0.39, 0.29) is 0 Å². The van der Waals surface area contributed by atoms with Gasteiger partial charge >= 0.3 is 0 Å². The van der Waals surface area contributed by atoms with Crippen LogP contribution in [0.25, 0.3) is 135 Å². The van der Waals surface area contributed by atoms with Crippen LogP contribution in [0.5, 0.6) is 34.5 Å². The Morgan fingerprint density at radius 1 is 0.233 bits per heavy atom. The number of para-hydroxylation sites is 13. The summed E-state index contributed by atoms with van der Waals surface area (Å²) in [5, 5.41) is 0. The normalized spacial score (nSPS) is 13.2. The number of hydrogen-bond donors (Lipinski definition) is 0. The molecular formula is C96H48Br3N9O9S3. The largest absolute Gasteiger partial charge is 0.453 e. The van der Waals surface area contributed by atoms with Crippen molar-refractivity contribution in [2.75, 3.05) is 14.7 Å². The van der Waals surface area contributed by atoms with Gasteiger partial charge in [0.1, 0.15) is 44.5 Å². The molecule has 0 spiro atoms. The van der Waals surface area contributed by atoms with Gasteiger partial charge in [-0.3, -0.25) is 4.90 Å². The Labute approximate surface area is 717 Å². The highest BCUT2D eigenvalue weighted by Gasteiger charge is 2.41. The molecule has 0 atom stereocenters. The topological polar surface area (TPSA) is 194 Å². The summed E-state index contributed by atoms with van der Waals surface area (Å²) in [7, 11) is 0. The Morgan fingerprint density at radius 2 is 0.625 bits per heavy atom. The third-order valence-corrected chi connectivity index (χ3v) is 26.5. The zero-order valence-electron chi connectivity index (χ0n) is 61.8. The number of ether oxygens (including phenoxy) is 3. The average Bonchev–Trinajstić information content (AvgIpc) is 0.982. The van der Waals surface area contributed by atoms with Crippen LogP contribution < -0.4 is 28.9 Å². The van der Waals surface area contributed by atoms with Gasteiger partial charge in [0.05, 0.1) is 66.3 Å². The molecule has 24 heteroatoms. The Morgan fingerprint density at radius 3 is 1.14 bits per heavy atom. The number of aromatic nitrogens is 6. The molecule has 18 nitrogen and oxygen atoms in total. The van der Waals surface area contributed by atoms with E-state index in [0.717, 1.165) is 184 Å². The van der Waals surface area contributed by atoms with E-state index in [1.54, 1.807) is 35.3 Å². The van der Waals surface area contributed by atoms with Gasteiger partial charge < -0.3 is 50.5 Å². The van der Waals surface area contributed by atoms with Crippen molar-refractivity contribution in [2.24, 2.45) is 0 Å². The molecule has 6 aliphatic heterocycles. The fraction of sp³-hybridized carbons (Fsp3) is 0. The lowest BCUT2D eigenvalue weighted by Gasteiger charge is -2.39. The van der Waals surface area contributed by atoms with Crippen LogP contribution in [0.15, 0.2) is 360 Å². The molecule has 0 aliphatic carbocycles. The summed E-state index contributed by atoms with van der Waals surface area (Å²) in [5.41, 5.74) is 23.5. The molecule has 12 heterocycles. The van der Waals surface area contributed by atoms with E-state index < -0.39 is 0 Å². The first-order chi connectivity index (χ1) is 59.1. The van der Waals surface area contributed by atoms with Gasteiger partial charge in [0.15, 0.2) is 68.0 Å². The maximum absolute atomic E-state index is 6.68. The third kappa shape index (κ3) is 11.4. The van der Waals surface area contributed by atoms with Gasteiger partial charge in [-0.1, -0.05) is 162 Å². The second-order valence-corrected chi connectivity index (χ2v) is 34.7. The first-order valence-corrected chi connectivity index (χ1v) is 42.9. The van der Waals surface area contributed by atoms with Crippen molar-refractivity contribution in [3.8, 4) is 103 Å². The summed E-state index contributed by atoms with van der Waals surface area (Å²) < 4.78 is 59.5. The molecule has 0 fully saturated rings. The molecule has 0 amide bonds. The second kappa shape index (κ2) is 27.2. The predicted octanol–water partition coefficient (Wildman–Crippen LogP) is 30.3. The molecule has 27 rings (SSSR count). The molecule has 0 N–H and O–H groups in total. The molecule has 570 valence electrons. The summed E-state index contributed by atoms with van der Waals surface area (Å²) >= 11 is 16.1. The molecule has 0 radical (unpaired) electrons. The van der Waals surface area contributed by atoms with Crippen LogP contribution in [0.1, 0.15) is 0 Å². The minimum absolute atomic E-state index is 0.483. The van der Waals surface area contributed by atoms with E-state index in [2.05, 4.69) is 135 Å². The number of hydrogen-bond acceptors (Lipinski definition) is 21. The number of oxazole rings is 6. The summed E-state index contributed by atoms with van der Waals surface area (Å²) in [6.45, 7) is 0. The molecule has 6 aromatic heterocycles. The Balaban J connectivity index is 0.0000000997. The van der Waals surface area contributed by atoms with E-state index in [1.165, 1.54) is 9.79 Å². The van der Waals surface area contributed by atoms with Gasteiger partial charge in [-0.05, 0) is 212 Å². The standard InChI is InChI=1S/C32H16BrN3O4.C32H16BrN3O3S.C32H16BrN3O2S2/c33-18-12-13-22-26(16-18)37-27-14-17(31-34-20-7-1-3-10-24(20)39-31)15-28-29(27)36(22)23-9-5-6-19(30(23)38-28)32-35-21-8-2-4-11-25(21)40-32;33-18-10-12-22-27(16-18)37-26-13-11-19(32-35-21-6-2-4-8-25(21)39-32)30-29(26)36(22)23-15-17(9-14-28(23)40-30)31-34-20-5-1-3-7-24(20)38-31;33-18-10-12-22-28(16-18)40-30-19(32-35-21-6-2-4-8-25(21)38-32)11-14-27-29(30)36(22)23-15-17(9-13-26(23)39-27)31-34-20-5-1-3-7-24(20)37-31/h3*1-16H. The van der Waals surface area contributed by atoms with Crippen molar-refractivity contribution in [1.29, 1.82) is 0 Å². The molecule has 0 unspecified atom stereocenters. The van der Waals surface area contributed by atoms with E-state index in [0.29, 0.717) is 69.5 Å². The van der Waals surface area contributed by atoms with Crippen molar-refractivity contribution < 1.29 is 40.7 Å². The van der Waals surface area contributed by atoms with Crippen LogP contribution in [-0.4, -0.2) is 29.9 Å². The summed E-state index contributed by atoms with van der Waals surface area (Å²) in [5.74, 6) is 7.52. The average molecular weight is 1810 g/mol. The lowest BCUT2D eigenvalue weighted by atomic mass is 10.0. The van der Waals surface area contributed by atoms with Crippen LogP contribution in [0.3, 0.4) is 0 Å². The molecule has 0 bridgehead atoms. The van der Waals surface area contributed by atoms with Crippen molar-refractivity contribution in [3.63, 3.8) is 0 Å². The minimum Gasteiger partial charge on any atom is -0.453 e. The van der Waals surface area contributed by atoms with Crippen molar-refractivity contribution in [1.82, 2.24) is 29.9 Å². The summed E-state index contributed by atoms with van der Waals surface area (Å²) in [4.78, 5) is 42.2. The van der Waals surface area contributed by atoms with Crippen LogP contribution in [0.4, 0.5) is 51.2 Å². The lowest BCUT2D eigenvalue weighted by Crippen LogP contribution is -2.20. The maximum Gasteiger partial charge on any atom is 0.231 e. The molecule has 0 saturated carbocycles. The number of rotatable bonds is 6. The van der Waals surface area contributed by atoms with Gasteiger partial charge in [0, 0.05) is 49.7 Å². The van der Waals surface area contributed by atoms with Crippen molar-refractivity contribution >= 4 is 201 Å². The van der Waals surface area contributed by atoms with E-state index >= 15 is 0 Å². The number of anilines is 9. The zero-order valence-corrected chi connectivity index (χ0v) is 69.0. The molecular weight excluding hydrogens is 1760 g/mol. The van der Waals surface area contributed by atoms with E-state index in [1.807, 2.05) is 218 Å². The monoisotopic (exact) mass is 1800 g/mol. The van der Waals surface area contributed by atoms with Gasteiger partial charge in [-0.15, -0.1) is 0 Å². The van der Waals surface area contributed by atoms with E-state index in [9.17, 15) is 0 Å². The number of fused-ring (bicyclic) bond motifs is 18. The number of halogens is 3. The van der Waals surface area contributed by atoms with Crippen LogP contribution in [0, 0.1) is 0 Å². The third-order valence-electron chi connectivity index (χ3n) is 21.5. The highest BCUT2D eigenvalue weighted by Crippen LogP contribution is 2.67. The van der Waals surface area contributed by atoms with Crippen LogP contribution >= 0.6 is 83.1 Å². The summed E-state index contributed by atoms with van der Waals surface area (Å²) in [6.07, 6.45) is 0. The zero-order chi connectivity index (χ0) is 79.1. The number of nitrogens with zero attached hydrogens (tertiary/aromatic N) is 9.